The van der Waals surface area contributed by atoms with E-state index >= 15 is 0 Å². The van der Waals surface area contributed by atoms with Crippen LogP contribution < -0.4 is 0 Å². The first-order valence-corrected chi connectivity index (χ1v) is 18.9. The molecule has 0 spiro atoms. The van der Waals surface area contributed by atoms with Gasteiger partial charge in [-0.25, -0.2) is 0 Å². The molecular weight excluding hydrogens is 715 g/mol. The van der Waals surface area contributed by atoms with Gasteiger partial charge in [-0.2, -0.15) is 0 Å². The van der Waals surface area contributed by atoms with Crippen molar-refractivity contribution in [3.8, 4) is 0 Å². The Morgan fingerprint density at radius 3 is 0.652 bits per heavy atom. The van der Waals surface area contributed by atoms with Crippen LogP contribution in [0.5, 0.6) is 0 Å². The first-order chi connectivity index (χ1) is 22.9. The van der Waals surface area contributed by atoms with Crippen LogP contribution in [0, 0.1) is 0 Å². The lowest BCUT2D eigenvalue weighted by Crippen LogP contribution is -2.15. The zero-order valence-corrected chi connectivity index (χ0v) is 31.1. The van der Waals surface area contributed by atoms with Crippen LogP contribution >= 0.6 is 22.6 Å². The van der Waals surface area contributed by atoms with E-state index in [1.807, 2.05) is 0 Å². The van der Waals surface area contributed by atoms with Crippen molar-refractivity contribution in [2.75, 3.05) is 163 Å². The summed E-state index contributed by atoms with van der Waals surface area (Å²) in [4.78, 5) is 0. The number of rotatable bonds is 43. The van der Waals surface area contributed by atoms with Crippen LogP contribution in [0.25, 0.3) is 0 Å². The van der Waals surface area contributed by atoms with E-state index < -0.39 is 0 Å². The van der Waals surface area contributed by atoms with E-state index in [-0.39, 0.29) is 0 Å². The average molecular weight is 783 g/mol. The van der Waals surface area contributed by atoms with Crippen molar-refractivity contribution in [2.45, 2.75) is 51.9 Å². The Hall–Kier alpha value is 0.250. The lowest BCUT2D eigenvalue weighted by atomic mass is 10.2. The van der Waals surface area contributed by atoms with E-state index in [0.29, 0.717) is 145 Å². The molecule has 0 unspecified atom stereocenters. The standard InChI is InChI=1S/C33H67IO12/c1-2-3-7-10-35-12-14-37-16-18-39-20-22-41-24-26-43-28-30-45-32-33-46-31-29-44-27-25-42-23-21-40-19-17-38-15-13-36-11-8-5-4-6-9-34/h2-33H2,1H3. The Kier molecular flexibility index (Phi) is 45.5. The van der Waals surface area contributed by atoms with Gasteiger partial charge in [-0.1, -0.05) is 55.2 Å². The molecule has 0 aliphatic rings. The van der Waals surface area contributed by atoms with Crippen LogP contribution in [0.15, 0.2) is 0 Å². The summed E-state index contributed by atoms with van der Waals surface area (Å²) < 4.78 is 67.2. The van der Waals surface area contributed by atoms with Crippen LogP contribution in [0.3, 0.4) is 0 Å². The minimum atomic E-state index is 0.522. The van der Waals surface area contributed by atoms with Crippen molar-refractivity contribution in [1.82, 2.24) is 0 Å². The van der Waals surface area contributed by atoms with Crippen molar-refractivity contribution in [3.05, 3.63) is 0 Å². The SMILES string of the molecule is CCCCCOCCOCCOCCOCCOCCOCCOCCOCCOCCOCCOCCOCCCCCCI. The van der Waals surface area contributed by atoms with Crippen molar-refractivity contribution < 1.29 is 56.8 Å². The molecule has 0 aromatic heterocycles. The molecule has 0 radical (unpaired) electrons. The van der Waals surface area contributed by atoms with Gasteiger partial charge in [-0.05, 0) is 23.7 Å². The molecule has 0 bridgehead atoms. The van der Waals surface area contributed by atoms with Crippen LogP contribution in [0.4, 0.5) is 0 Å². The fourth-order valence-electron chi connectivity index (χ4n) is 3.63. The lowest BCUT2D eigenvalue weighted by molar-refractivity contribution is -0.0284. The fourth-order valence-corrected chi connectivity index (χ4v) is 4.17. The lowest BCUT2D eigenvalue weighted by Gasteiger charge is -2.09. The van der Waals surface area contributed by atoms with Crippen molar-refractivity contribution in [2.24, 2.45) is 0 Å². The van der Waals surface area contributed by atoms with Crippen molar-refractivity contribution in [3.63, 3.8) is 0 Å². The van der Waals surface area contributed by atoms with Crippen LogP contribution in [-0.2, 0) is 56.8 Å². The van der Waals surface area contributed by atoms with Gasteiger partial charge >= 0.3 is 0 Å². The van der Waals surface area contributed by atoms with E-state index in [1.54, 1.807) is 0 Å². The van der Waals surface area contributed by atoms with E-state index in [0.717, 1.165) is 26.1 Å². The maximum Gasteiger partial charge on any atom is 0.0701 e. The topological polar surface area (TPSA) is 111 Å². The summed E-state index contributed by atoms with van der Waals surface area (Å²) in [6, 6.07) is 0. The first kappa shape index (κ1) is 46.2. The molecule has 0 aliphatic carbocycles. The average Bonchev–Trinajstić information content (AvgIpc) is 3.07. The Morgan fingerprint density at radius 1 is 0.239 bits per heavy atom. The molecule has 0 amide bonds. The molecule has 0 aromatic carbocycles. The molecule has 46 heavy (non-hydrogen) atoms. The Morgan fingerprint density at radius 2 is 0.435 bits per heavy atom. The summed E-state index contributed by atoms with van der Waals surface area (Å²) in [6.45, 7) is 16.0. The summed E-state index contributed by atoms with van der Waals surface area (Å²) in [7, 11) is 0. The molecule has 0 atom stereocenters. The maximum absolute atomic E-state index is 5.56. The van der Waals surface area contributed by atoms with Gasteiger partial charge in [0.15, 0.2) is 0 Å². The molecule has 0 saturated carbocycles. The highest BCUT2D eigenvalue weighted by atomic mass is 127. The van der Waals surface area contributed by atoms with Crippen LogP contribution in [-0.4, -0.2) is 163 Å². The van der Waals surface area contributed by atoms with Crippen molar-refractivity contribution >= 4 is 22.6 Å². The monoisotopic (exact) mass is 782 g/mol. The largest absolute Gasteiger partial charge is 0.379 e. The summed E-state index contributed by atoms with van der Waals surface area (Å²) in [5.74, 6) is 0. The summed E-state index contributed by atoms with van der Waals surface area (Å²) in [5.41, 5.74) is 0. The Bertz CT molecular complexity index is 481. The highest BCUT2D eigenvalue weighted by Crippen LogP contribution is 2.02. The zero-order chi connectivity index (χ0) is 33.1. The minimum absolute atomic E-state index is 0.522. The molecular formula is C33H67IO12. The predicted molar refractivity (Wildman–Crippen MR) is 187 cm³/mol. The van der Waals surface area contributed by atoms with E-state index in [2.05, 4.69) is 29.5 Å². The second-order valence-electron chi connectivity index (χ2n) is 10.2. The zero-order valence-electron chi connectivity index (χ0n) is 28.9. The molecule has 0 rings (SSSR count). The summed E-state index contributed by atoms with van der Waals surface area (Å²) in [6.07, 6.45) is 8.53. The Balaban J connectivity index is 3.03. The fraction of sp³-hybridized carbons (Fsp3) is 1.00. The van der Waals surface area contributed by atoms with Gasteiger partial charge in [0.25, 0.3) is 0 Å². The van der Waals surface area contributed by atoms with Gasteiger partial charge in [0.05, 0.1) is 145 Å². The smallest absolute Gasteiger partial charge is 0.0701 e. The highest BCUT2D eigenvalue weighted by Gasteiger charge is 1.97. The second-order valence-corrected chi connectivity index (χ2v) is 11.2. The van der Waals surface area contributed by atoms with Gasteiger partial charge in [0.1, 0.15) is 0 Å². The van der Waals surface area contributed by atoms with Gasteiger partial charge in [-0.15, -0.1) is 0 Å². The molecule has 0 heterocycles. The van der Waals surface area contributed by atoms with Crippen LogP contribution in [0.2, 0.25) is 0 Å². The number of unbranched alkanes of at least 4 members (excludes halogenated alkanes) is 5. The molecule has 12 nitrogen and oxygen atoms in total. The van der Waals surface area contributed by atoms with E-state index in [1.165, 1.54) is 36.5 Å². The molecule has 0 N–H and O–H groups in total. The third-order valence-corrected chi connectivity index (χ3v) is 6.92. The van der Waals surface area contributed by atoms with E-state index in [9.17, 15) is 0 Å². The third kappa shape index (κ3) is 44.2. The van der Waals surface area contributed by atoms with Gasteiger partial charge in [0, 0.05) is 13.2 Å². The minimum Gasteiger partial charge on any atom is -0.379 e. The summed E-state index contributed by atoms with van der Waals surface area (Å²) >= 11 is 2.42. The van der Waals surface area contributed by atoms with Gasteiger partial charge in [0.2, 0.25) is 0 Å². The molecule has 0 fully saturated rings. The number of ether oxygens (including phenoxy) is 12. The van der Waals surface area contributed by atoms with Gasteiger partial charge in [-0.3, -0.25) is 0 Å². The third-order valence-electron chi connectivity index (χ3n) is 6.16. The first-order valence-electron chi connectivity index (χ1n) is 17.4. The number of hydrogen-bond acceptors (Lipinski definition) is 12. The number of alkyl halides is 1. The highest BCUT2D eigenvalue weighted by molar-refractivity contribution is 14.1. The molecule has 0 aliphatic heterocycles. The van der Waals surface area contributed by atoms with Crippen LogP contribution in [0.1, 0.15) is 51.9 Å². The number of hydrogen-bond donors (Lipinski definition) is 0. The van der Waals surface area contributed by atoms with Crippen molar-refractivity contribution in [1.29, 1.82) is 0 Å². The predicted octanol–water partition coefficient (Wildman–Crippen LogP) is 4.37. The molecule has 13 heteroatoms. The Labute approximate surface area is 293 Å². The number of halogens is 1. The molecule has 0 aromatic rings. The second kappa shape index (κ2) is 45.2. The normalized spacial score (nSPS) is 11.6. The van der Waals surface area contributed by atoms with Gasteiger partial charge < -0.3 is 56.8 Å². The molecule has 0 saturated heterocycles. The molecule has 278 valence electrons. The maximum atomic E-state index is 5.56. The summed E-state index contributed by atoms with van der Waals surface area (Å²) in [5, 5.41) is 0. The quantitative estimate of drug-likeness (QED) is 0.0498. The van der Waals surface area contributed by atoms with E-state index in [4.69, 9.17) is 56.8 Å².